The van der Waals surface area contributed by atoms with Gasteiger partial charge in [-0.05, 0) is 68.0 Å². The van der Waals surface area contributed by atoms with Crippen molar-refractivity contribution in [3.8, 4) is 11.5 Å². The lowest BCUT2D eigenvalue weighted by Crippen LogP contribution is -2.54. The van der Waals surface area contributed by atoms with Crippen LogP contribution in [0.25, 0.3) is 6.08 Å². The summed E-state index contributed by atoms with van der Waals surface area (Å²) in [6, 6.07) is 17.6. The molecule has 4 rings (SSSR count). The van der Waals surface area contributed by atoms with Crippen LogP contribution in [0, 0.1) is 0 Å². The Morgan fingerprint density at radius 1 is 0.923 bits per heavy atom. The van der Waals surface area contributed by atoms with E-state index in [1.54, 1.807) is 25.1 Å². The molecule has 39 heavy (non-hydrogen) atoms. The molecule has 0 bridgehead atoms. The summed E-state index contributed by atoms with van der Waals surface area (Å²) in [6.45, 7) is 4.41. The zero-order valence-corrected chi connectivity index (χ0v) is 22.8. The SMILES string of the molecule is CCOC(=O)c1ccc(N2C(=O)NC(=O)/C(=C\c3ccc(OCc4ccccc4Br)c(OCC)c3)C2=O)cc1. The summed E-state index contributed by atoms with van der Waals surface area (Å²) in [7, 11) is 0. The second kappa shape index (κ2) is 12.4. The maximum Gasteiger partial charge on any atom is 0.338 e. The lowest BCUT2D eigenvalue weighted by molar-refractivity contribution is -0.122. The zero-order valence-electron chi connectivity index (χ0n) is 21.2. The average molecular weight is 593 g/mol. The molecule has 10 heteroatoms. The maximum atomic E-state index is 13.3. The van der Waals surface area contributed by atoms with Crippen molar-refractivity contribution in [2.24, 2.45) is 0 Å². The van der Waals surface area contributed by atoms with E-state index >= 15 is 0 Å². The van der Waals surface area contributed by atoms with Gasteiger partial charge in [0, 0.05) is 10.0 Å². The first kappa shape index (κ1) is 27.6. The molecule has 9 nitrogen and oxygen atoms in total. The quantitative estimate of drug-likeness (QED) is 0.205. The molecule has 0 saturated carbocycles. The fraction of sp³-hybridized carbons (Fsp3) is 0.172. The van der Waals surface area contributed by atoms with E-state index in [9.17, 15) is 19.2 Å². The van der Waals surface area contributed by atoms with Gasteiger partial charge in [-0.2, -0.15) is 0 Å². The molecule has 0 radical (unpaired) electrons. The topological polar surface area (TPSA) is 111 Å². The molecule has 0 aromatic heterocycles. The van der Waals surface area contributed by atoms with Crippen LogP contribution in [0.5, 0.6) is 11.5 Å². The number of carbonyl (C=O) groups excluding carboxylic acids is 4. The Hall–Kier alpha value is -4.44. The Morgan fingerprint density at radius 3 is 2.36 bits per heavy atom. The number of barbiturate groups is 1. The van der Waals surface area contributed by atoms with Crippen LogP contribution in [0.2, 0.25) is 0 Å². The minimum atomic E-state index is -0.892. The third-order valence-electron chi connectivity index (χ3n) is 5.66. The smallest absolute Gasteiger partial charge is 0.338 e. The lowest BCUT2D eigenvalue weighted by Gasteiger charge is -2.26. The van der Waals surface area contributed by atoms with Crippen LogP contribution in [-0.4, -0.2) is 37.0 Å². The van der Waals surface area contributed by atoms with Gasteiger partial charge in [0.25, 0.3) is 11.8 Å². The number of urea groups is 1. The Kier molecular flexibility index (Phi) is 8.77. The number of imide groups is 2. The van der Waals surface area contributed by atoms with Crippen molar-refractivity contribution in [1.82, 2.24) is 5.32 Å². The largest absolute Gasteiger partial charge is 0.490 e. The first-order valence-corrected chi connectivity index (χ1v) is 12.9. The third-order valence-corrected chi connectivity index (χ3v) is 6.43. The van der Waals surface area contributed by atoms with Gasteiger partial charge in [0.2, 0.25) is 0 Å². The summed E-state index contributed by atoms with van der Waals surface area (Å²) >= 11 is 3.50. The first-order valence-electron chi connectivity index (χ1n) is 12.1. The number of ether oxygens (including phenoxy) is 3. The molecule has 0 atom stereocenters. The number of amides is 4. The van der Waals surface area contributed by atoms with E-state index in [-0.39, 0.29) is 23.4 Å². The number of rotatable bonds is 9. The summed E-state index contributed by atoms with van der Waals surface area (Å²) in [6.07, 6.45) is 1.38. The molecule has 1 aliphatic heterocycles. The minimum absolute atomic E-state index is 0.190. The molecule has 3 aromatic carbocycles. The van der Waals surface area contributed by atoms with Crippen LogP contribution < -0.4 is 19.7 Å². The van der Waals surface area contributed by atoms with Gasteiger partial charge in [-0.3, -0.25) is 14.9 Å². The Labute approximate surface area is 233 Å². The van der Waals surface area contributed by atoms with Crippen LogP contribution in [-0.2, 0) is 20.9 Å². The number of halogens is 1. The van der Waals surface area contributed by atoms with Crippen molar-refractivity contribution in [3.05, 3.63) is 93.5 Å². The zero-order chi connectivity index (χ0) is 27.9. The highest BCUT2D eigenvalue weighted by Crippen LogP contribution is 2.31. The highest BCUT2D eigenvalue weighted by atomic mass is 79.9. The normalized spacial score (nSPS) is 14.3. The van der Waals surface area contributed by atoms with E-state index in [1.165, 1.54) is 30.3 Å². The van der Waals surface area contributed by atoms with E-state index in [1.807, 2.05) is 31.2 Å². The van der Waals surface area contributed by atoms with Gasteiger partial charge in [0.15, 0.2) is 11.5 Å². The summed E-state index contributed by atoms with van der Waals surface area (Å²) in [4.78, 5) is 51.2. The van der Waals surface area contributed by atoms with Gasteiger partial charge in [-0.1, -0.05) is 40.2 Å². The molecule has 200 valence electrons. The third kappa shape index (κ3) is 6.35. The van der Waals surface area contributed by atoms with Crippen molar-refractivity contribution < 1.29 is 33.4 Å². The fourth-order valence-electron chi connectivity index (χ4n) is 3.79. The fourth-order valence-corrected chi connectivity index (χ4v) is 4.19. The monoisotopic (exact) mass is 592 g/mol. The van der Waals surface area contributed by atoms with Crippen LogP contribution >= 0.6 is 15.9 Å². The summed E-state index contributed by atoms with van der Waals surface area (Å²) in [5, 5.41) is 2.19. The molecule has 1 aliphatic rings. The highest BCUT2D eigenvalue weighted by molar-refractivity contribution is 9.10. The van der Waals surface area contributed by atoms with Crippen molar-refractivity contribution in [2.75, 3.05) is 18.1 Å². The standard InChI is InChI=1S/C29H25BrN2O7/c1-3-37-25-16-18(9-14-24(25)39-17-20-7-5-6-8-23(20)30)15-22-26(33)31-29(36)32(27(22)34)21-12-10-19(11-13-21)28(35)38-4-2/h5-16H,3-4,17H2,1-2H3,(H,31,33,36)/b22-15+. The molecule has 3 aromatic rings. The van der Waals surface area contributed by atoms with Crippen LogP contribution in [0.1, 0.15) is 35.3 Å². The van der Waals surface area contributed by atoms with Gasteiger partial charge in [-0.15, -0.1) is 0 Å². The maximum absolute atomic E-state index is 13.3. The molecular weight excluding hydrogens is 568 g/mol. The summed E-state index contributed by atoms with van der Waals surface area (Å²) < 4.78 is 17.6. The van der Waals surface area contributed by atoms with Crippen LogP contribution in [0.15, 0.2) is 76.8 Å². The Morgan fingerprint density at radius 2 is 1.67 bits per heavy atom. The molecule has 1 fully saturated rings. The minimum Gasteiger partial charge on any atom is -0.490 e. The summed E-state index contributed by atoms with van der Waals surface area (Å²) in [5.74, 6) is -1.22. The molecule has 0 unspecified atom stereocenters. The van der Waals surface area contributed by atoms with Crippen LogP contribution in [0.4, 0.5) is 10.5 Å². The van der Waals surface area contributed by atoms with E-state index in [2.05, 4.69) is 21.2 Å². The van der Waals surface area contributed by atoms with Gasteiger partial charge >= 0.3 is 12.0 Å². The van der Waals surface area contributed by atoms with Gasteiger partial charge in [0.1, 0.15) is 12.2 Å². The van der Waals surface area contributed by atoms with Crippen molar-refractivity contribution in [1.29, 1.82) is 0 Å². The van der Waals surface area contributed by atoms with Crippen molar-refractivity contribution >= 4 is 51.5 Å². The van der Waals surface area contributed by atoms with E-state index < -0.39 is 23.8 Å². The van der Waals surface area contributed by atoms with Crippen molar-refractivity contribution in [2.45, 2.75) is 20.5 Å². The lowest BCUT2D eigenvalue weighted by atomic mass is 10.1. The van der Waals surface area contributed by atoms with Gasteiger partial charge in [-0.25, -0.2) is 14.5 Å². The molecule has 4 amide bonds. The highest BCUT2D eigenvalue weighted by Gasteiger charge is 2.37. The second-order valence-electron chi connectivity index (χ2n) is 8.24. The number of hydrogen-bond acceptors (Lipinski definition) is 7. The van der Waals surface area contributed by atoms with Gasteiger partial charge in [0.05, 0.1) is 24.5 Å². The summed E-state index contributed by atoms with van der Waals surface area (Å²) in [5.41, 5.74) is 1.67. The van der Waals surface area contributed by atoms with E-state index in [0.717, 1.165) is 14.9 Å². The number of anilines is 1. The molecule has 1 heterocycles. The van der Waals surface area contributed by atoms with Gasteiger partial charge < -0.3 is 14.2 Å². The number of benzene rings is 3. The predicted molar refractivity (Wildman–Crippen MR) is 147 cm³/mol. The van der Waals surface area contributed by atoms with E-state index in [0.29, 0.717) is 30.3 Å². The molecule has 0 spiro atoms. The first-order chi connectivity index (χ1) is 18.8. The average Bonchev–Trinajstić information content (AvgIpc) is 2.92. The number of nitrogens with zero attached hydrogens (tertiary/aromatic N) is 1. The molecule has 1 N–H and O–H groups in total. The Balaban J connectivity index is 1.59. The number of hydrogen-bond donors (Lipinski definition) is 1. The molecule has 1 saturated heterocycles. The molecular formula is C29H25BrN2O7. The second-order valence-corrected chi connectivity index (χ2v) is 9.10. The molecule has 0 aliphatic carbocycles. The van der Waals surface area contributed by atoms with Crippen LogP contribution in [0.3, 0.4) is 0 Å². The Bertz CT molecular complexity index is 1450. The number of nitrogens with one attached hydrogen (secondary N) is 1. The van der Waals surface area contributed by atoms with E-state index in [4.69, 9.17) is 14.2 Å². The predicted octanol–water partition coefficient (Wildman–Crippen LogP) is 5.27. The number of carbonyl (C=O) groups is 4. The van der Waals surface area contributed by atoms with Crippen molar-refractivity contribution in [3.63, 3.8) is 0 Å². The number of esters is 1.